The van der Waals surface area contributed by atoms with E-state index in [1.165, 1.54) is 41.6 Å². The number of thioether (sulfide) groups is 1. The van der Waals surface area contributed by atoms with E-state index in [0.29, 0.717) is 28.8 Å². The monoisotopic (exact) mass is 458 g/mol. The number of amides is 4. The minimum Gasteiger partial charge on any atom is -0.325 e. The first kappa shape index (κ1) is 23.3. The summed E-state index contributed by atoms with van der Waals surface area (Å²) in [6.45, 7) is 4.09. The highest BCUT2D eigenvalue weighted by atomic mass is 32.2. The van der Waals surface area contributed by atoms with Crippen molar-refractivity contribution in [1.82, 2.24) is 4.90 Å². The van der Waals surface area contributed by atoms with Gasteiger partial charge in [0.15, 0.2) is 5.92 Å². The summed E-state index contributed by atoms with van der Waals surface area (Å²) in [6.07, 6.45) is 2.33. The number of non-ortho nitro benzene ring substituents is 1. The van der Waals surface area contributed by atoms with Crippen molar-refractivity contribution in [3.8, 4) is 0 Å². The number of carbonyl (C=O) groups excluding carboxylic acids is 3. The third-order valence-corrected chi connectivity index (χ3v) is 6.23. The number of carbonyl (C=O) groups is 3. The van der Waals surface area contributed by atoms with Gasteiger partial charge in [-0.05, 0) is 24.0 Å². The normalized spacial score (nSPS) is 18.4. The number of nitrogens with zero attached hydrogens (tertiary/aromatic N) is 4. The number of dihydropyridines is 1. The molecular weight excluding hydrogens is 434 g/mol. The number of nitrogens with one attached hydrogen (secondary N) is 1. The number of rotatable bonds is 7. The molecule has 0 aromatic heterocycles. The second-order valence-corrected chi connectivity index (χ2v) is 8.94. The Morgan fingerprint density at radius 1 is 1.38 bits per heavy atom. The van der Waals surface area contributed by atoms with Gasteiger partial charge in [0.2, 0.25) is 5.91 Å². The number of urea groups is 1. The lowest BCUT2D eigenvalue weighted by molar-refractivity contribution is -0.407. The lowest BCUT2D eigenvalue weighted by Crippen LogP contribution is -2.52. The van der Waals surface area contributed by atoms with Crippen LogP contribution in [0.15, 0.2) is 39.7 Å². The fourth-order valence-electron chi connectivity index (χ4n) is 3.51. The van der Waals surface area contributed by atoms with Gasteiger partial charge in [0.25, 0.3) is 11.5 Å². The van der Waals surface area contributed by atoms with E-state index in [2.05, 4.69) is 10.3 Å². The first-order valence-corrected chi connectivity index (χ1v) is 10.9. The predicted octanol–water partition coefficient (Wildman–Crippen LogP) is 2.90. The Balaban J connectivity index is 1.85. The molecule has 1 N–H and O–H groups in total. The van der Waals surface area contributed by atoms with Crippen molar-refractivity contribution >= 4 is 53.0 Å². The van der Waals surface area contributed by atoms with Gasteiger partial charge in [-0.15, -0.1) is 16.8 Å². The number of aliphatic imine (C=N–C) groups is 1. The molecule has 32 heavy (non-hydrogen) atoms. The summed E-state index contributed by atoms with van der Waals surface area (Å²) in [4.78, 5) is 54.4. The van der Waals surface area contributed by atoms with Gasteiger partial charge in [-0.2, -0.15) is 9.48 Å². The number of nitro benzene ring substituents is 1. The van der Waals surface area contributed by atoms with Crippen molar-refractivity contribution in [3.05, 3.63) is 44.9 Å². The lowest BCUT2D eigenvalue weighted by Gasteiger charge is -2.28. The van der Waals surface area contributed by atoms with E-state index in [-0.39, 0.29) is 23.3 Å². The second kappa shape index (κ2) is 9.43. The van der Waals surface area contributed by atoms with Gasteiger partial charge >= 0.3 is 11.9 Å². The van der Waals surface area contributed by atoms with Crippen LogP contribution in [0.5, 0.6) is 0 Å². The zero-order valence-corrected chi connectivity index (χ0v) is 19.0. The molecule has 0 spiro atoms. The summed E-state index contributed by atoms with van der Waals surface area (Å²) in [6, 6.07) is 5.23. The molecule has 0 saturated heterocycles. The molecule has 1 aromatic carbocycles. The smallest absolute Gasteiger partial charge is 0.325 e. The molecule has 0 radical (unpaired) electrons. The summed E-state index contributed by atoms with van der Waals surface area (Å²) < 4.78 is 1.35. The molecule has 10 nitrogen and oxygen atoms in total. The van der Waals surface area contributed by atoms with Crippen LogP contribution in [-0.2, 0) is 9.59 Å². The average Bonchev–Trinajstić information content (AvgIpc) is 2.74. The quantitative estimate of drug-likeness (QED) is 0.380. The zero-order valence-electron chi connectivity index (χ0n) is 18.2. The summed E-state index contributed by atoms with van der Waals surface area (Å²) in [7, 11) is 2.99. The lowest BCUT2D eigenvalue weighted by atomic mass is 9.94. The average molecular weight is 459 g/mol. The summed E-state index contributed by atoms with van der Waals surface area (Å²) >= 11 is 1.22. The van der Waals surface area contributed by atoms with Gasteiger partial charge in [-0.25, -0.2) is 4.79 Å². The van der Waals surface area contributed by atoms with E-state index in [9.17, 15) is 24.5 Å². The van der Waals surface area contributed by atoms with Crippen molar-refractivity contribution in [2.75, 3.05) is 25.2 Å². The van der Waals surface area contributed by atoms with Crippen LogP contribution < -0.4 is 5.32 Å². The van der Waals surface area contributed by atoms with Crippen LogP contribution in [0.2, 0.25) is 0 Å². The number of imide groups is 1. The second-order valence-electron chi connectivity index (χ2n) is 7.92. The van der Waals surface area contributed by atoms with Crippen molar-refractivity contribution in [1.29, 1.82) is 0 Å². The molecule has 0 fully saturated rings. The molecule has 0 aliphatic carbocycles. The third-order valence-electron chi connectivity index (χ3n) is 5.01. The SMILES string of the molecule is CC(C)CC1=C(SCC(=O)Nc2cccc([N+](=O)[O-])c2)C2C(=O)N(C)C(=O)[N+](C)=C2N=C1. The number of amidine groups is 1. The molecule has 0 bridgehead atoms. The Hall–Kier alpha value is -3.34. The van der Waals surface area contributed by atoms with Crippen molar-refractivity contribution in [2.45, 2.75) is 20.3 Å². The largest absolute Gasteiger partial charge is 0.445 e. The molecule has 2 heterocycles. The van der Waals surface area contributed by atoms with E-state index in [0.717, 1.165) is 10.5 Å². The Labute approximate surface area is 189 Å². The maximum absolute atomic E-state index is 13.0. The predicted molar refractivity (Wildman–Crippen MR) is 122 cm³/mol. The highest BCUT2D eigenvalue weighted by Gasteiger charge is 2.48. The molecule has 4 amide bonds. The fraction of sp³-hybridized carbons (Fsp3) is 0.381. The van der Waals surface area contributed by atoms with Gasteiger partial charge in [0.1, 0.15) is 6.21 Å². The van der Waals surface area contributed by atoms with Gasteiger partial charge in [0, 0.05) is 22.7 Å². The molecule has 1 atom stereocenters. The molecule has 2 aliphatic heterocycles. The number of anilines is 1. The molecular formula is C21H24N5O5S+. The first-order chi connectivity index (χ1) is 15.1. The fourth-order valence-corrected chi connectivity index (χ4v) is 4.56. The Bertz CT molecular complexity index is 1090. The number of benzene rings is 1. The summed E-state index contributed by atoms with van der Waals surface area (Å²) in [5, 5.41) is 13.6. The highest BCUT2D eigenvalue weighted by molar-refractivity contribution is 8.03. The van der Waals surface area contributed by atoms with Crippen molar-refractivity contribution < 1.29 is 23.9 Å². The summed E-state index contributed by atoms with van der Waals surface area (Å²) in [5.74, 6) is -0.876. The molecule has 0 saturated carbocycles. The van der Waals surface area contributed by atoms with E-state index >= 15 is 0 Å². The van der Waals surface area contributed by atoms with Crippen LogP contribution >= 0.6 is 11.8 Å². The minimum atomic E-state index is -0.753. The number of allylic oxidation sites excluding steroid dienone is 1. The van der Waals surface area contributed by atoms with Crippen LogP contribution in [0.3, 0.4) is 0 Å². The topological polar surface area (TPSA) is 125 Å². The molecule has 1 unspecified atom stereocenters. The number of nitro groups is 1. The first-order valence-electron chi connectivity index (χ1n) is 9.96. The molecule has 3 rings (SSSR count). The number of fused-ring (bicyclic) bond motifs is 1. The number of hydrogen-bond donors (Lipinski definition) is 1. The zero-order chi connectivity index (χ0) is 23.6. The van der Waals surface area contributed by atoms with Gasteiger partial charge in [-0.1, -0.05) is 19.9 Å². The van der Waals surface area contributed by atoms with Gasteiger partial charge < -0.3 is 5.32 Å². The van der Waals surface area contributed by atoms with Gasteiger partial charge in [-0.3, -0.25) is 19.7 Å². The van der Waals surface area contributed by atoms with Crippen LogP contribution in [0.4, 0.5) is 16.2 Å². The van der Waals surface area contributed by atoms with Crippen LogP contribution in [-0.4, -0.2) is 64.1 Å². The molecule has 168 valence electrons. The van der Waals surface area contributed by atoms with Crippen LogP contribution in [0, 0.1) is 22.0 Å². The maximum Gasteiger partial charge on any atom is 0.445 e. The highest BCUT2D eigenvalue weighted by Crippen LogP contribution is 2.36. The van der Waals surface area contributed by atoms with E-state index in [4.69, 9.17) is 0 Å². The van der Waals surface area contributed by atoms with Crippen LogP contribution in [0.25, 0.3) is 0 Å². The van der Waals surface area contributed by atoms with Gasteiger partial charge in [0.05, 0.1) is 24.8 Å². The standard InChI is InChI=1S/C21H23N5O5S/c1-12(2)8-13-10-22-19-17(20(28)25(4)21(29)24(19)3)18(13)32-11-16(27)23-14-6-5-7-15(9-14)26(30)31/h5-7,9-10,12,17H,8,11H2,1-4H3/p+1. The molecule has 11 heteroatoms. The Morgan fingerprint density at radius 2 is 2.09 bits per heavy atom. The minimum absolute atomic E-state index is 0.00804. The number of hydrogen-bond acceptors (Lipinski definition) is 7. The maximum atomic E-state index is 13.0. The summed E-state index contributed by atoms with van der Waals surface area (Å²) in [5.41, 5.74) is 1.05. The van der Waals surface area contributed by atoms with Crippen molar-refractivity contribution in [3.63, 3.8) is 0 Å². The molecule has 1 aromatic rings. The Morgan fingerprint density at radius 3 is 2.75 bits per heavy atom. The Kier molecular flexibility index (Phi) is 6.87. The van der Waals surface area contributed by atoms with Crippen molar-refractivity contribution in [2.24, 2.45) is 16.8 Å². The van der Waals surface area contributed by atoms with E-state index < -0.39 is 16.9 Å². The third kappa shape index (κ3) is 4.77. The van der Waals surface area contributed by atoms with E-state index in [1.807, 2.05) is 13.8 Å². The van der Waals surface area contributed by atoms with Crippen LogP contribution in [0.1, 0.15) is 20.3 Å². The van der Waals surface area contributed by atoms with E-state index in [1.54, 1.807) is 19.3 Å². The molecule has 2 aliphatic rings.